The number of piperazine rings is 1. The first-order valence-corrected chi connectivity index (χ1v) is 10.2. The fourth-order valence-electron chi connectivity index (χ4n) is 4.04. The number of nitrogens with zero attached hydrogens (tertiary/aromatic N) is 1. The van der Waals surface area contributed by atoms with Crippen LogP contribution in [0, 0.1) is 0 Å². The van der Waals surface area contributed by atoms with E-state index in [-0.39, 0.29) is 11.9 Å². The quantitative estimate of drug-likeness (QED) is 0.671. The van der Waals surface area contributed by atoms with Gasteiger partial charge in [0.2, 0.25) is 0 Å². The van der Waals surface area contributed by atoms with Crippen LogP contribution in [0.1, 0.15) is 24.3 Å². The molecule has 0 spiro atoms. The van der Waals surface area contributed by atoms with Crippen molar-refractivity contribution >= 4 is 16.7 Å². The zero-order valence-corrected chi connectivity index (χ0v) is 16.4. The summed E-state index contributed by atoms with van der Waals surface area (Å²) in [7, 11) is 0. The molecular weight excluding hydrogens is 350 g/mol. The smallest absolute Gasteiger partial charge is 0.278 e. The average Bonchev–Trinajstić information content (AvgIpc) is 3.28. The minimum absolute atomic E-state index is 0.164. The van der Waals surface area contributed by atoms with E-state index in [0.29, 0.717) is 6.54 Å². The van der Waals surface area contributed by atoms with Crippen LogP contribution >= 0.6 is 0 Å². The van der Waals surface area contributed by atoms with Gasteiger partial charge < -0.3 is 19.5 Å². The molecule has 28 heavy (non-hydrogen) atoms. The van der Waals surface area contributed by atoms with Crippen LogP contribution in [0.5, 0.6) is 0 Å². The summed E-state index contributed by atoms with van der Waals surface area (Å²) in [4.78, 5) is 16.1. The molecule has 5 heteroatoms. The van der Waals surface area contributed by atoms with Gasteiger partial charge in [0.05, 0.1) is 32.4 Å². The molecule has 5 nitrogen and oxygen atoms in total. The summed E-state index contributed by atoms with van der Waals surface area (Å²) in [6.45, 7) is 7.24. The van der Waals surface area contributed by atoms with E-state index in [9.17, 15) is 4.79 Å². The SMILES string of the molecule is C[C@H]([NH2+]CC(=O)N1CC[NH+](Cc2cccc3ccccc23)CC1)c1ccco1. The monoisotopic (exact) mass is 379 g/mol. The Morgan fingerprint density at radius 2 is 1.89 bits per heavy atom. The van der Waals surface area contributed by atoms with E-state index in [1.807, 2.05) is 17.0 Å². The number of fused-ring (bicyclic) bond motifs is 1. The van der Waals surface area contributed by atoms with Gasteiger partial charge in [-0.05, 0) is 29.8 Å². The van der Waals surface area contributed by atoms with Gasteiger partial charge in [0.15, 0.2) is 12.3 Å². The lowest BCUT2D eigenvalue weighted by molar-refractivity contribution is -0.917. The highest BCUT2D eigenvalue weighted by Gasteiger charge is 2.25. The molecule has 3 N–H and O–H groups in total. The third kappa shape index (κ3) is 4.26. The maximum atomic E-state index is 12.6. The lowest BCUT2D eigenvalue weighted by Crippen LogP contribution is -3.13. The van der Waals surface area contributed by atoms with Crippen LogP contribution in [0.15, 0.2) is 65.3 Å². The first-order chi connectivity index (χ1) is 13.7. The largest absolute Gasteiger partial charge is 0.463 e. The van der Waals surface area contributed by atoms with E-state index in [1.54, 1.807) is 11.2 Å². The van der Waals surface area contributed by atoms with Crippen molar-refractivity contribution in [1.29, 1.82) is 0 Å². The van der Waals surface area contributed by atoms with Crippen molar-refractivity contribution in [3.63, 3.8) is 0 Å². The molecule has 2 aromatic carbocycles. The van der Waals surface area contributed by atoms with Gasteiger partial charge in [0.1, 0.15) is 12.6 Å². The first kappa shape index (κ1) is 18.7. The van der Waals surface area contributed by atoms with Gasteiger partial charge in [-0.15, -0.1) is 0 Å². The minimum Gasteiger partial charge on any atom is -0.463 e. The Hall–Kier alpha value is -2.63. The second-order valence-electron chi connectivity index (χ2n) is 7.69. The van der Waals surface area contributed by atoms with Crippen molar-refractivity contribution in [2.45, 2.75) is 19.5 Å². The third-order valence-corrected chi connectivity index (χ3v) is 5.78. The molecule has 4 rings (SSSR count). The summed E-state index contributed by atoms with van der Waals surface area (Å²) < 4.78 is 5.41. The Kier molecular flexibility index (Phi) is 5.74. The molecule has 0 unspecified atom stereocenters. The van der Waals surface area contributed by atoms with Crippen molar-refractivity contribution in [2.75, 3.05) is 32.7 Å². The zero-order valence-electron chi connectivity index (χ0n) is 16.4. The van der Waals surface area contributed by atoms with Crippen LogP contribution in [-0.2, 0) is 11.3 Å². The second kappa shape index (κ2) is 8.59. The van der Waals surface area contributed by atoms with Gasteiger partial charge in [-0.2, -0.15) is 0 Å². The average molecular weight is 380 g/mol. The van der Waals surface area contributed by atoms with E-state index >= 15 is 0 Å². The number of carbonyl (C=O) groups is 1. The molecule has 0 radical (unpaired) electrons. The van der Waals surface area contributed by atoms with Crippen LogP contribution in [0.2, 0.25) is 0 Å². The Bertz CT molecular complexity index is 909. The number of quaternary nitrogens is 2. The van der Waals surface area contributed by atoms with Gasteiger partial charge in [-0.25, -0.2) is 0 Å². The number of hydrogen-bond acceptors (Lipinski definition) is 2. The molecule has 0 aliphatic carbocycles. The number of nitrogens with one attached hydrogen (secondary N) is 1. The van der Waals surface area contributed by atoms with E-state index in [0.717, 1.165) is 38.5 Å². The molecule has 0 bridgehead atoms. The molecule has 1 saturated heterocycles. The number of amides is 1. The summed E-state index contributed by atoms with van der Waals surface area (Å²) >= 11 is 0. The van der Waals surface area contributed by atoms with Crippen molar-refractivity contribution < 1.29 is 19.4 Å². The van der Waals surface area contributed by atoms with Crippen molar-refractivity contribution in [1.82, 2.24) is 4.90 Å². The molecule has 1 amide bonds. The van der Waals surface area contributed by atoms with Gasteiger partial charge >= 0.3 is 0 Å². The number of rotatable bonds is 6. The van der Waals surface area contributed by atoms with Crippen LogP contribution in [0.4, 0.5) is 0 Å². The molecular formula is C23H29N3O2+2. The second-order valence-corrected chi connectivity index (χ2v) is 7.69. The standard InChI is InChI=1S/C23H27N3O2/c1-18(22-10-5-15-28-22)24-16-23(27)26-13-11-25(12-14-26)17-20-8-4-7-19-6-2-3-9-21(19)20/h2-10,15,18,24H,11-14,16-17H2,1H3/p+2/t18-/m0/s1. The summed E-state index contributed by atoms with van der Waals surface area (Å²) in [6, 6.07) is 19.1. The number of hydrogen-bond donors (Lipinski definition) is 2. The third-order valence-electron chi connectivity index (χ3n) is 5.78. The summed E-state index contributed by atoms with van der Waals surface area (Å²) in [5.41, 5.74) is 1.40. The van der Waals surface area contributed by atoms with E-state index < -0.39 is 0 Å². The lowest BCUT2D eigenvalue weighted by Gasteiger charge is -2.32. The molecule has 1 aliphatic heterocycles. The number of carbonyl (C=O) groups excluding carboxylic acids is 1. The van der Waals surface area contributed by atoms with Crippen molar-refractivity contribution in [2.24, 2.45) is 0 Å². The minimum atomic E-state index is 0.164. The fourth-order valence-corrected chi connectivity index (χ4v) is 4.04. The highest BCUT2D eigenvalue weighted by atomic mass is 16.3. The Balaban J connectivity index is 1.28. The van der Waals surface area contributed by atoms with Crippen LogP contribution in [0.3, 0.4) is 0 Å². The van der Waals surface area contributed by atoms with E-state index in [2.05, 4.69) is 54.7 Å². The number of furan rings is 1. The summed E-state index contributed by atoms with van der Waals surface area (Å²) in [6.07, 6.45) is 1.68. The van der Waals surface area contributed by atoms with Crippen molar-refractivity contribution in [3.8, 4) is 0 Å². The van der Waals surface area contributed by atoms with Crippen molar-refractivity contribution in [3.05, 3.63) is 72.2 Å². The zero-order chi connectivity index (χ0) is 19.3. The fraction of sp³-hybridized carbons (Fsp3) is 0.348. The van der Waals surface area contributed by atoms with E-state index in [1.165, 1.54) is 16.3 Å². The molecule has 1 aliphatic rings. The molecule has 2 heterocycles. The van der Waals surface area contributed by atoms with Gasteiger partial charge in [0.25, 0.3) is 5.91 Å². The molecule has 1 aromatic heterocycles. The predicted molar refractivity (Wildman–Crippen MR) is 109 cm³/mol. The predicted octanol–water partition coefficient (Wildman–Crippen LogP) is 0.985. The Morgan fingerprint density at radius 1 is 1.11 bits per heavy atom. The highest BCUT2D eigenvalue weighted by molar-refractivity contribution is 5.85. The highest BCUT2D eigenvalue weighted by Crippen LogP contribution is 2.17. The topological polar surface area (TPSA) is 54.5 Å². The maximum Gasteiger partial charge on any atom is 0.278 e. The Labute approximate surface area is 165 Å². The van der Waals surface area contributed by atoms with Crippen LogP contribution in [0.25, 0.3) is 10.8 Å². The normalized spacial score (nSPS) is 16.4. The number of nitrogens with two attached hydrogens (primary N) is 1. The molecule has 1 fully saturated rings. The summed E-state index contributed by atoms with van der Waals surface area (Å²) in [5.74, 6) is 1.14. The molecule has 146 valence electrons. The van der Waals surface area contributed by atoms with Gasteiger partial charge in [-0.3, -0.25) is 4.79 Å². The van der Waals surface area contributed by atoms with Gasteiger partial charge in [-0.1, -0.05) is 42.5 Å². The van der Waals surface area contributed by atoms with Crippen LogP contribution in [-0.4, -0.2) is 43.5 Å². The first-order valence-electron chi connectivity index (χ1n) is 10.2. The molecule has 1 atom stereocenters. The summed E-state index contributed by atoms with van der Waals surface area (Å²) in [5, 5.41) is 4.70. The molecule has 3 aromatic rings. The lowest BCUT2D eigenvalue weighted by atomic mass is 10.0. The molecule has 0 saturated carbocycles. The van der Waals surface area contributed by atoms with Crippen LogP contribution < -0.4 is 10.2 Å². The maximum absolute atomic E-state index is 12.6. The van der Waals surface area contributed by atoms with Gasteiger partial charge in [0, 0.05) is 5.56 Å². The van der Waals surface area contributed by atoms with E-state index in [4.69, 9.17) is 4.42 Å². The number of benzene rings is 2. The Morgan fingerprint density at radius 3 is 2.68 bits per heavy atom.